The highest BCUT2D eigenvalue weighted by Crippen LogP contribution is 2.24. The van der Waals surface area contributed by atoms with E-state index in [-0.39, 0.29) is 11.9 Å². The summed E-state index contributed by atoms with van der Waals surface area (Å²) in [5.41, 5.74) is 7.18. The number of nitrogens with zero attached hydrogens (tertiary/aromatic N) is 3. The topological polar surface area (TPSA) is 97.0 Å². The van der Waals surface area contributed by atoms with Crippen LogP contribution in [0.5, 0.6) is 0 Å². The van der Waals surface area contributed by atoms with Gasteiger partial charge < -0.3 is 15.6 Å². The third-order valence-corrected chi connectivity index (χ3v) is 4.47. The van der Waals surface area contributed by atoms with Crippen molar-refractivity contribution in [2.24, 2.45) is 5.73 Å². The molecule has 0 radical (unpaired) electrons. The average molecular weight is 323 g/mol. The van der Waals surface area contributed by atoms with E-state index in [1.165, 1.54) is 6.20 Å². The molecule has 2 aromatic heterocycles. The van der Waals surface area contributed by atoms with Crippen LogP contribution in [0.2, 0.25) is 0 Å². The molecule has 7 nitrogen and oxygen atoms in total. The number of hydrogen-bond donors (Lipinski definition) is 2. The fourth-order valence-corrected chi connectivity index (χ4v) is 3.17. The summed E-state index contributed by atoms with van der Waals surface area (Å²) in [6, 6.07) is 9.76. The second-order valence-electron chi connectivity index (χ2n) is 6.04. The summed E-state index contributed by atoms with van der Waals surface area (Å²) < 4.78 is 1.72. The lowest BCUT2D eigenvalue weighted by Gasteiger charge is -2.15. The number of aromatic nitrogens is 3. The molecular weight excluding hydrogens is 306 g/mol. The summed E-state index contributed by atoms with van der Waals surface area (Å²) in [5, 5.41) is 5.21. The zero-order chi connectivity index (χ0) is 16.7. The lowest BCUT2D eigenvalue weighted by molar-refractivity contribution is 0.0782. The maximum Gasteiger partial charge on any atom is 0.270 e. The van der Waals surface area contributed by atoms with E-state index in [4.69, 9.17) is 5.73 Å². The number of likely N-dealkylation sites (tertiary alicyclic amines) is 1. The van der Waals surface area contributed by atoms with Crippen molar-refractivity contribution in [1.29, 1.82) is 0 Å². The molecule has 0 aliphatic carbocycles. The molecular formula is C17H17N5O2. The van der Waals surface area contributed by atoms with Crippen LogP contribution in [-0.2, 0) is 0 Å². The SMILES string of the molecule is NC(=O)c1cnn(C2CCN(C(=O)c3cc4ccccc4[nH]3)C2)c1. The Morgan fingerprint density at radius 2 is 2.12 bits per heavy atom. The van der Waals surface area contributed by atoms with Crippen LogP contribution in [-0.4, -0.2) is 44.6 Å². The zero-order valence-electron chi connectivity index (χ0n) is 13.0. The molecule has 4 rings (SSSR count). The maximum atomic E-state index is 12.7. The number of nitrogens with one attached hydrogen (secondary N) is 1. The number of amides is 2. The molecule has 0 spiro atoms. The molecule has 122 valence electrons. The van der Waals surface area contributed by atoms with Gasteiger partial charge in [-0.15, -0.1) is 0 Å². The number of fused-ring (bicyclic) bond motifs is 1. The fourth-order valence-electron chi connectivity index (χ4n) is 3.17. The molecule has 1 fully saturated rings. The molecule has 7 heteroatoms. The van der Waals surface area contributed by atoms with Crippen LogP contribution >= 0.6 is 0 Å². The van der Waals surface area contributed by atoms with Crippen molar-refractivity contribution in [3.05, 3.63) is 54.0 Å². The molecule has 1 aliphatic heterocycles. The van der Waals surface area contributed by atoms with Crippen molar-refractivity contribution in [3.8, 4) is 0 Å². The quantitative estimate of drug-likeness (QED) is 0.765. The molecule has 1 saturated heterocycles. The van der Waals surface area contributed by atoms with Gasteiger partial charge in [0.05, 0.1) is 17.8 Å². The summed E-state index contributed by atoms with van der Waals surface area (Å²) in [7, 11) is 0. The Morgan fingerprint density at radius 1 is 1.29 bits per heavy atom. The van der Waals surface area contributed by atoms with E-state index in [2.05, 4.69) is 10.1 Å². The summed E-state index contributed by atoms with van der Waals surface area (Å²) in [6.45, 7) is 1.22. The van der Waals surface area contributed by atoms with E-state index in [1.807, 2.05) is 30.3 Å². The van der Waals surface area contributed by atoms with E-state index in [9.17, 15) is 9.59 Å². The average Bonchev–Trinajstić information content (AvgIpc) is 3.30. The highest BCUT2D eigenvalue weighted by atomic mass is 16.2. The van der Waals surface area contributed by atoms with Gasteiger partial charge in [0, 0.05) is 30.2 Å². The number of rotatable bonds is 3. The van der Waals surface area contributed by atoms with Gasteiger partial charge in [-0.3, -0.25) is 14.3 Å². The molecule has 0 saturated carbocycles. The minimum Gasteiger partial charge on any atom is -0.366 e. The van der Waals surface area contributed by atoms with E-state index >= 15 is 0 Å². The van der Waals surface area contributed by atoms with Gasteiger partial charge in [-0.25, -0.2) is 0 Å². The summed E-state index contributed by atoms with van der Waals surface area (Å²) >= 11 is 0. The van der Waals surface area contributed by atoms with Gasteiger partial charge in [-0.1, -0.05) is 18.2 Å². The Kier molecular flexibility index (Phi) is 3.34. The van der Waals surface area contributed by atoms with Crippen LogP contribution in [0.4, 0.5) is 0 Å². The number of benzene rings is 1. The minimum atomic E-state index is -0.495. The van der Waals surface area contributed by atoms with Gasteiger partial charge in [0.2, 0.25) is 0 Å². The van der Waals surface area contributed by atoms with Crippen molar-refractivity contribution in [2.75, 3.05) is 13.1 Å². The molecule has 1 aliphatic rings. The Hall–Kier alpha value is -3.09. The number of carbonyl (C=O) groups is 2. The van der Waals surface area contributed by atoms with Gasteiger partial charge in [0.15, 0.2) is 0 Å². The molecule has 2 amide bonds. The Balaban J connectivity index is 1.51. The molecule has 0 bridgehead atoms. The second kappa shape index (κ2) is 5.52. The van der Waals surface area contributed by atoms with Crippen LogP contribution in [0.25, 0.3) is 10.9 Å². The Morgan fingerprint density at radius 3 is 2.88 bits per heavy atom. The van der Waals surface area contributed by atoms with E-state index in [0.717, 1.165) is 17.3 Å². The van der Waals surface area contributed by atoms with E-state index < -0.39 is 5.91 Å². The lowest BCUT2D eigenvalue weighted by Crippen LogP contribution is -2.29. The highest BCUT2D eigenvalue weighted by molar-refractivity contribution is 5.98. The summed E-state index contributed by atoms with van der Waals surface area (Å²) in [5.74, 6) is -0.513. The molecule has 1 aromatic carbocycles. The van der Waals surface area contributed by atoms with Crippen molar-refractivity contribution >= 4 is 22.7 Å². The monoisotopic (exact) mass is 323 g/mol. The summed E-state index contributed by atoms with van der Waals surface area (Å²) in [6.07, 6.45) is 3.90. The standard InChI is InChI=1S/C17H17N5O2/c18-16(23)12-8-19-22(9-12)13-5-6-21(10-13)17(24)15-7-11-3-1-2-4-14(11)20-15/h1-4,7-9,13,20H,5-6,10H2,(H2,18,23). The molecule has 3 aromatic rings. The van der Waals surface area contributed by atoms with Crippen molar-refractivity contribution in [2.45, 2.75) is 12.5 Å². The first-order valence-electron chi connectivity index (χ1n) is 7.83. The molecule has 3 heterocycles. The van der Waals surface area contributed by atoms with Gasteiger partial charge >= 0.3 is 0 Å². The molecule has 3 N–H and O–H groups in total. The predicted molar refractivity (Wildman–Crippen MR) is 88.6 cm³/mol. The number of hydrogen-bond acceptors (Lipinski definition) is 3. The highest BCUT2D eigenvalue weighted by Gasteiger charge is 2.29. The predicted octanol–water partition coefficient (Wildman–Crippen LogP) is 1.55. The Labute approximate surface area is 138 Å². The second-order valence-corrected chi connectivity index (χ2v) is 6.04. The number of primary amides is 1. The Bertz CT molecular complexity index is 893. The van der Waals surface area contributed by atoms with Crippen LogP contribution in [0.3, 0.4) is 0 Å². The first-order valence-corrected chi connectivity index (χ1v) is 7.83. The number of H-pyrrole nitrogens is 1. The van der Waals surface area contributed by atoms with Gasteiger partial charge in [0.25, 0.3) is 11.8 Å². The van der Waals surface area contributed by atoms with Crippen LogP contribution in [0.1, 0.15) is 33.3 Å². The molecule has 1 atom stereocenters. The lowest BCUT2D eigenvalue weighted by atomic mass is 10.2. The van der Waals surface area contributed by atoms with E-state index in [0.29, 0.717) is 24.3 Å². The molecule has 1 unspecified atom stereocenters. The van der Waals surface area contributed by atoms with Gasteiger partial charge in [-0.2, -0.15) is 5.10 Å². The third kappa shape index (κ3) is 2.44. The smallest absolute Gasteiger partial charge is 0.270 e. The number of nitrogens with two attached hydrogens (primary N) is 1. The first-order chi connectivity index (χ1) is 11.6. The minimum absolute atomic E-state index is 0.0176. The number of aromatic amines is 1. The molecule has 24 heavy (non-hydrogen) atoms. The largest absolute Gasteiger partial charge is 0.366 e. The third-order valence-electron chi connectivity index (χ3n) is 4.47. The number of carbonyl (C=O) groups excluding carboxylic acids is 2. The van der Waals surface area contributed by atoms with Crippen LogP contribution in [0, 0.1) is 0 Å². The fraction of sp³-hybridized carbons (Fsp3) is 0.235. The van der Waals surface area contributed by atoms with Gasteiger partial charge in [0.1, 0.15) is 5.69 Å². The summed E-state index contributed by atoms with van der Waals surface area (Å²) in [4.78, 5) is 28.8. The van der Waals surface area contributed by atoms with Crippen molar-refractivity contribution < 1.29 is 9.59 Å². The first kappa shape index (κ1) is 14.5. The van der Waals surface area contributed by atoms with Crippen molar-refractivity contribution in [3.63, 3.8) is 0 Å². The van der Waals surface area contributed by atoms with Crippen LogP contribution < -0.4 is 5.73 Å². The van der Waals surface area contributed by atoms with Crippen LogP contribution in [0.15, 0.2) is 42.7 Å². The normalized spacial score (nSPS) is 17.5. The van der Waals surface area contributed by atoms with Crippen molar-refractivity contribution in [1.82, 2.24) is 19.7 Å². The number of para-hydroxylation sites is 1. The van der Waals surface area contributed by atoms with E-state index in [1.54, 1.807) is 15.8 Å². The maximum absolute atomic E-state index is 12.7. The van der Waals surface area contributed by atoms with Gasteiger partial charge in [-0.05, 0) is 18.6 Å². The zero-order valence-corrected chi connectivity index (χ0v) is 13.0.